The lowest BCUT2D eigenvalue weighted by atomic mass is 10.0. The molecule has 1 aromatic heterocycles. The molecule has 0 spiro atoms. The number of hydrogen-bond donors (Lipinski definition) is 2. The number of halogens is 2. The zero-order valence-corrected chi connectivity index (χ0v) is 13.8. The highest BCUT2D eigenvalue weighted by Crippen LogP contribution is 2.33. The number of rotatable bonds is 3. The number of anilines is 1. The molecule has 0 aliphatic carbocycles. The third-order valence-corrected chi connectivity index (χ3v) is 4.06. The van der Waals surface area contributed by atoms with Crippen molar-refractivity contribution in [1.82, 2.24) is 4.98 Å². The summed E-state index contributed by atoms with van der Waals surface area (Å²) in [5.41, 5.74) is 2.35. The van der Waals surface area contributed by atoms with Crippen LogP contribution in [0.2, 0.25) is 10.2 Å². The molecule has 120 valence electrons. The Morgan fingerprint density at radius 1 is 1.04 bits per heavy atom. The number of nitrogens with zero attached hydrogens (tertiary/aromatic N) is 1. The van der Waals surface area contributed by atoms with Crippen LogP contribution in [-0.2, 0) is 0 Å². The zero-order chi connectivity index (χ0) is 17.1. The quantitative estimate of drug-likeness (QED) is 0.646. The van der Waals surface area contributed by atoms with E-state index < -0.39 is 0 Å². The minimum absolute atomic E-state index is 0.0226. The molecule has 2 aromatic carbocycles. The largest absolute Gasteiger partial charge is 0.506 e. The number of amides is 1. The van der Waals surface area contributed by atoms with Gasteiger partial charge in [0.25, 0.3) is 5.91 Å². The monoisotopic (exact) mass is 358 g/mol. The smallest absolute Gasteiger partial charge is 0.258 e. The van der Waals surface area contributed by atoms with E-state index in [0.29, 0.717) is 5.69 Å². The Kier molecular flexibility index (Phi) is 4.69. The van der Waals surface area contributed by atoms with E-state index in [0.717, 1.165) is 11.1 Å². The van der Waals surface area contributed by atoms with Gasteiger partial charge in [-0.1, -0.05) is 47.5 Å². The first-order valence-corrected chi connectivity index (χ1v) is 7.81. The molecule has 0 bridgehead atoms. The van der Waals surface area contributed by atoms with Crippen LogP contribution in [0.3, 0.4) is 0 Å². The molecule has 0 radical (unpaired) electrons. The van der Waals surface area contributed by atoms with E-state index >= 15 is 0 Å². The molecular weight excluding hydrogens is 347 g/mol. The molecule has 0 aliphatic rings. The predicted molar refractivity (Wildman–Crippen MR) is 95.8 cm³/mol. The first-order valence-electron chi connectivity index (χ1n) is 7.06. The van der Waals surface area contributed by atoms with E-state index in [4.69, 9.17) is 23.2 Å². The highest BCUT2D eigenvalue weighted by Gasteiger charge is 2.14. The van der Waals surface area contributed by atoms with Crippen LogP contribution in [0.15, 0.2) is 60.8 Å². The second kappa shape index (κ2) is 6.91. The van der Waals surface area contributed by atoms with E-state index in [-0.39, 0.29) is 27.4 Å². The van der Waals surface area contributed by atoms with Crippen molar-refractivity contribution in [3.63, 3.8) is 0 Å². The highest BCUT2D eigenvalue weighted by atomic mass is 35.5. The van der Waals surface area contributed by atoms with Gasteiger partial charge in [-0.2, -0.15) is 0 Å². The Morgan fingerprint density at radius 3 is 2.58 bits per heavy atom. The lowest BCUT2D eigenvalue weighted by Gasteiger charge is -2.12. The Morgan fingerprint density at radius 2 is 1.83 bits per heavy atom. The zero-order valence-electron chi connectivity index (χ0n) is 12.3. The van der Waals surface area contributed by atoms with Crippen LogP contribution < -0.4 is 5.32 Å². The summed E-state index contributed by atoms with van der Waals surface area (Å²) in [6.07, 6.45) is 1.52. The van der Waals surface area contributed by atoms with Gasteiger partial charge in [0.2, 0.25) is 0 Å². The van der Waals surface area contributed by atoms with Gasteiger partial charge in [-0.15, -0.1) is 0 Å². The van der Waals surface area contributed by atoms with Gasteiger partial charge in [0.15, 0.2) is 0 Å². The molecule has 3 aromatic rings. The first kappa shape index (κ1) is 16.3. The van der Waals surface area contributed by atoms with E-state index in [1.165, 1.54) is 6.20 Å². The summed E-state index contributed by atoms with van der Waals surface area (Å²) >= 11 is 11.8. The fraction of sp³-hybridized carbons (Fsp3) is 0. The van der Waals surface area contributed by atoms with Crippen molar-refractivity contribution < 1.29 is 9.90 Å². The molecule has 6 heteroatoms. The van der Waals surface area contributed by atoms with Gasteiger partial charge >= 0.3 is 0 Å². The summed E-state index contributed by atoms with van der Waals surface area (Å²) in [6, 6.07) is 15.4. The van der Waals surface area contributed by atoms with Crippen LogP contribution in [0.5, 0.6) is 5.75 Å². The van der Waals surface area contributed by atoms with E-state index in [1.807, 2.05) is 12.1 Å². The van der Waals surface area contributed by atoms with E-state index in [1.54, 1.807) is 42.5 Å². The number of phenols is 1. The molecule has 0 unspecified atom stereocenters. The Bertz CT molecular complexity index is 913. The first-order chi connectivity index (χ1) is 11.6. The van der Waals surface area contributed by atoms with Crippen molar-refractivity contribution in [2.45, 2.75) is 0 Å². The maximum atomic E-state index is 12.4. The van der Waals surface area contributed by atoms with Crippen molar-refractivity contribution in [2.24, 2.45) is 0 Å². The summed E-state index contributed by atoms with van der Waals surface area (Å²) in [4.78, 5) is 16.3. The van der Waals surface area contributed by atoms with Crippen molar-refractivity contribution in [1.29, 1.82) is 0 Å². The summed E-state index contributed by atoms with van der Waals surface area (Å²) in [6.45, 7) is 0. The lowest BCUT2D eigenvalue weighted by Crippen LogP contribution is -2.13. The summed E-state index contributed by atoms with van der Waals surface area (Å²) in [7, 11) is 0. The number of para-hydroxylation sites is 1. The number of nitrogens with one attached hydrogen (secondary N) is 1. The SMILES string of the molecule is O=C(Nc1ccccc1-c1ccc(Cl)c(O)c1)c1cccnc1Cl. The number of pyridine rings is 1. The fourth-order valence-corrected chi connectivity index (χ4v) is 2.59. The highest BCUT2D eigenvalue weighted by molar-refractivity contribution is 6.33. The van der Waals surface area contributed by atoms with E-state index in [2.05, 4.69) is 10.3 Å². The average Bonchev–Trinajstić information content (AvgIpc) is 2.58. The molecular formula is C18H12Cl2N2O2. The van der Waals surface area contributed by atoms with Gasteiger partial charge in [0.05, 0.1) is 10.6 Å². The van der Waals surface area contributed by atoms with Crippen molar-refractivity contribution in [2.75, 3.05) is 5.32 Å². The number of carbonyl (C=O) groups excluding carboxylic acids is 1. The molecule has 2 N–H and O–H groups in total. The van der Waals surface area contributed by atoms with Crippen molar-refractivity contribution >= 4 is 34.8 Å². The third-order valence-electron chi connectivity index (χ3n) is 3.44. The molecule has 1 amide bonds. The maximum Gasteiger partial charge on any atom is 0.258 e. The standard InChI is InChI=1S/C18H12Cl2N2O2/c19-14-8-7-11(10-16(14)23)12-4-1-2-6-15(12)22-18(24)13-5-3-9-21-17(13)20/h1-10,23H,(H,22,24). The maximum absolute atomic E-state index is 12.4. The van der Waals surface area contributed by atoms with Crippen LogP contribution in [-0.4, -0.2) is 16.0 Å². The van der Waals surface area contributed by atoms with Gasteiger partial charge in [-0.05, 0) is 35.9 Å². The van der Waals surface area contributed by atoms with Crippen LogP contribution in [0.4, 0.5) is 5.69 Å². The number of aromatic hydroxyl groups is 1. The normalized spacial score (nSPS) is 10.4. The average molecular weight is 359 g/mol. The molecule has 24 heavy (non-hydrogen) atoms. The number of hydrogen-bond acceptors (Lipinski definition) is 3. The number of carbonyl (C=O) groups is 1. The minimum atomic E-state index is -0.362. The van der Waals surface area contributed by atoms with Gasteiger partial charge in [0, 0.05) is 17.4 Å². The molecule has 0 saturated heterocycles. The van der Waals surface area contributed by atoms with Crippen LogP contribution in [0.25, 0.3) is 11.1 Å². The molecule has 0 saturated carbocycles. The Labute approximate surface area is 148 Å². The van der Waals surface area contributed by atoms with Crippen molar-refractivity contribution in [3.05, 3.63) is 76.5 Å². The van der Waals surface area contributed by atoms with Gasteiger partial charge in [-0.3, -0.25) is 4.79 Å². The Hall–Kier alpha value is -2.56. The number of phenolic OH excluding ortho intramolecular Hbond substituents is 1. The molecule has 0 fully saturated rings. The fourth-order valence-electron chi connectivity index (χ4n) is 2.27. The molecule has 4 nitrogen and oxygen atoms in total. The van der Waals surface area contributed by atoms with Crippen molar-refractivity contribution in [3.8, 4) is 16.9 Å². The summed E-state index contributed by atoms with van der Waals surface area (Å²) in [5.74, 6) is -0.385. The molecule has 1 heterocycles. The van der Waals surface area contributed by atoms with Crippen LogP contribution in [0, 0.1) is 0 Å². The lowest BCUT2D eigenvalue weighted by molar-refractivity contribution is 0.102. The third kappa shape index (κ3) is 3.35. The summed E-state index contributed by atoms with van der Waals surface area (Å²) < 4.78 is 0. The topological polar surface area (TPSA) is 62.2 Å². The molecule has 0 atom stereocenters. The number of aromatic nitrogens is 1. The second-order valence-corrected chi connectivity index (χ2v) is 5.77. The number of benzene rings is 2. The summed E-state index contributed by atoms with van der Waals surface area (Å²) in [5, 5.41) is 13.0. The predicted octanol–water partition coefficient (Wildman–Crippen LogP) is 5.01. The van der Waals surface area contributed by atoms with E-state index in [9.17, 15) is 9.90 Å². The minimum Gasteiger partial charge on any atom is -0.506 e. The molecule has 0 aliphatic heterocycles. The van der Waals surface area contributed by atoms with Crippen LogP contribution >= 0.6 is 23.2 Å². The van der Waals surface area contributed by atoms with Gasteiger partial charge in [0.1, 0.15) is 10.9 Å². The molecule has 3 rings (SSSR count). The second-order valence-electron chi connectivity index (χ2n) is 5.01. The van der Waals surface area contributed by atoms with Gasteiger partial charge < -0.3 is 10.4 Å². The van der Waals surface area contributed by atoms with Crippen LogP contribution in [0.1, 0.15) is 10.4 Å². The Balaban J connectivity index is 1.96. The van der Waals surface area contributed by atoms with Gasteiger partial charge in [-0.25, -0.2) is 4.98 Å².